The SMILES string of the molecule is COc1ccc(C(=O)NCCCOc2ccc(Cl)cc2Cl)cc1S(=O)(=O)NC1CC1. The highest BCUT2D eigenvalue weighted by atomic mass is 35.5. The molecule has 0 heterocycles. The van der Waals surface area contributed by atoms with E-state index in [9.17, 15) is 13.2 Å². The molecule has 0 saturated heterocycles. The van der Waals surface area contributed by atoms with Crippen LogP contribution in [0.25, 0.3) is 0 Å². The van der Waals surface area contributed by atoms with Crippen molar-refractivity contribution in [2.24, 2.45) is 0 Å². The van der Waals surface area contributed by atoms with Crippen LogP contribution in [0.3, 0.4) is 0 Å². The third-order valence-corrected chi connectivity index (χ3v) is 6.44. The van der Waals surface area contributed by atoms with Crippen molar-refractivity contribution in [3.63, 3.8) is 0 Å². The smallest absolute Gasteiger partial charge is 0.251 e. The van der Waals surface area contributed by atoms with E-state index in [1.165, 1.54) is 25.3 Å². The van der Waals surface area contributed by atoms with Crippen molar-refractivity contribution in [1.29, 1.82) is 0 Å². The fourth-order valence-electron chi connectivity index (χ4n) is 2.66. The lowest BCUT2D eigenvalue weighted by Gasteiger charge is -2.12. The molecule has 1 amide bonds. The molecule has 3 rings (SSSR count). The van der Waals surface area contributed by atoms with Crippen LogP contribution in [-0.4, -0.2) is 40.6 Å². The molecule has 10 heteroatoms. The minimum absolute atomic E-state index is 0.0497. The van der Waals surface area contributed by atoms with Crippen molar-refractivity contribution < 1.29 is 22.7 Å². The predicted molar refractivity (Wildman–Crippen MR) is 115 cm³/mol. The third kappa shape index (κ3) is 6.01. The van der Waals surface area contributed by atoms with Crippen LogP contribution < -0.4 is 19.5 Å². The maximum absolute atomic E-state index is 12.6. The molecule has 0 aliphatic heterocycles. The second-order valence-electron chi connectivity index (χ2n) is 6.79. The molecule has 2 aromatic carbocycles. The van der Waals surface area contributed by atoms with E-state index in [0.717, 1.165) is 12.8 Å². The standard InChI is InChI=1S/C20H22Cl2N2O5S/c1-28-18-7-3-13(11-19(18)30(26,27)24-15-5-6-15)20(25)23-9-2-10-29-17-8-4-14(21)12-16(17)22/h3-4,7-8,11-12,15,24H,2,5-6,9-10H2,1H3,(H,23,25). The minimum Gasteiger partial charge on any atom is -0.495 e. The van der Waals surface area contributed by atoms with E-state index in [4.69, 9.17) is 32.7 Å². The molecule has 0 radical (unpaired) electrons. The van der Waals surface area contributed by atoms with Gasteiger partial charge in [0.2, 0.25) is 10.0 Å². The summed E-state index contributed by atoms with van der Waals surface area (Å²) >= 11 is 11.9. The van der Waals surface area contributed by atoms with E-state index < -0.39 is 10.0 Å². The average molecular weight is 473 g/mol. The van der Waals surface area contributed by atoms with Crippen LogP contribution in [0.15, 0.2) is 41.3 Å². The van der Waals surface area contributed by atoms with Gasteiger partial charge < -0.3 is 14.8 Å². The highest BCUT2D eigenvalue weighted by molar-refractivity contribution is 7.89. The molecule has 2 N–H and O–H groups in total. The Morgan fingerprint density at radius 3 is 2.53 bits per heavy atom. The summed E-state index contributed by atoms with van der Waals surface area (Å²) in [6.07, 6.45) is 2.16. The molecule has 0 bridgehead atoms. The molecular weight excluding hydrogens is 451 g/mol. The van der Waals surface area contributed by atoms with E-state index in [1.807, 2.05) is 0 Å². The van der Waals surface area contributed by atoms with Crippen molar-refractivity contribution in [3.8, 4) is 11.5 Å². The van der Waals surface area contributed by atoms with E-state index in [0.29, 0.717) is 35.4 Å². The van der Waals surface area contributed by atoms with Crippen molar-refractivity contribution in [2.45, 2.75) is 30.2 Å². The molecule has 0 spiro atoms. The largest absolute Gasteiger partial charge is 0.495 e. The monoisotopic (exact) mass is 472 g/mol. The van der Waals surface area contributed by atoms with E-state index in [-0.39, 0.29) is 28.2 Å². The van der Waals surface area contributed by atoms with Crippen LogP contribution in [0.5, 0.6) is 11.5 Å². The maximum Gasteiger partial charge on any atom is 0.251 e. The Balaban J connectivity index is 1.55. The number of methoxy groups -OCH3 is 1. The molecule has 1 fully saturated rings. The molecule has 1 aliphatic rings. The highest BCUT2D eigenvalue weighted by Crippen LogP contribution is 2.29. The molecule has 162 valence electrons. The van der Waals surface area contributed by atoms with Gasteiger partial charge in [-0.05, 0) is 55.7 Å². The van der Waals surface area contributed by atoms with Crippen molar-refractivity contribution >= 4 is 39.1 Å². The topological polar surface area (TPSA) is 93.7 Å². The zero-order valence-electron chi connectivity index (χ0n) is 16.3. The second kappa shape index (κ2) is 9.87. The number of benzene rings is 2. The van der Waals surface area contributed by atoms with Gasteiger partial charge in [-0.2, -0.15) is 0 Å². The normalized spacial score (nSPS) is 13.7. The number of carbonyl (C=O) groups excluding carboxylic acids is 1. The summed E-state index contributed by atoms with van der Waals surface area (Å²) in [5.74, 6) is 0.318. The highest BCUT2D eigenvalue weighted by Gasteiger charge is 2.30. The first-order chi connectivity index (χ1) is 14.3. The maximum atomic E-state index is 12.6. The van der Waals surface area contributed by atoms with Crippen LogP contribution in [0.2, 0.25) is 10.0 Å². The van der Waals surface area contributed by atoms with Gasteiger partial charge in [-0.1, -0.05) is 23.2 Å². The number of nitrogens with one attached hydrogen (secondary N) is 2. The van der Waals surface area contributed by atoms with Gasteiger partial charge in [-0.25, -0.2) is 13.1 Å². The van der Waals surface area contributed by atoms with Crippen LogP contribution in [0.4, 0.5) is 0 Å². The number of halogens is 2. The Labute approximate surface area is 185 Å². The van der Waals surface area contributed by atoms with Crippen molar-refractivity contribution in [2.75, 3.05) is 20.3 Å². The van der Waals surface area contributed by atoms with Gasteiger partial charge in [0.1, 0.15) is 16.4 Å². The number of ether oxygens (including phenoxy) is 2. The zero-order valence-corrected chi connectivity index (χ0v) is 18.6. The number of rotatable bonds is 10. The first-order valence-corrected chi connectivity index (χ1v) is 11.6. The molecule has 7 nitrogen and oxygen atoms in total. The Morgan fingerprint density at radius 2 is 1.87 bits per heavy atom. The second-order valence-corrected chi connectivity index (χ2v) is 9.32. The number of amides is 1. The van der Waals surface area contributed by atoms with Crippen LogP contribution in [-0.2, 0) is 10.0 Å². The lowest BCUT2D eigenvalue weighted by molar-refractivity contribution is 0.0951. The van der Waals surface area contributed by atoms with E-state index >= 15 is 0 Å². The van der Waals surface area contributed by atoms with Gasteiger partial charge in [0.15, 0.2) is 0 Å². The Hall–Kier alpha value is -2.00. The van der Waals surface area contributed by atoms with Gasteiger partial charge in [-0.3, -0.25) is 4.79 Å². The lowest BCUT2D eigenvalue weighted by Crippen LogP contribution is -2.28. The summed E-state index contributed by atoms with van der Waals surface area (Å²) in [6, 6.07) is 9.22. The quantitative estimate of drug-likeness (QED) is 0.514. The number of carbonyl (C=O) groups is 1. The van der Waals surface area contributed by atoms with Crippen LogP contribution >= 0.6 is 23.2 Å². The van der Waals surface area contributed by atoms with E-state index in [2.05, 4.69) is 10.0 Å². The zero-order chi connectivity index (χ0) is 21.7. The molecule has 0 unspecified atom stereocenters. The summed E-state index contributed by atoms with van der Waals surface area (Å²) < 4.78 is 38.4. The third-order valence-electron chi connectivity index (χ3n) is 4.37. The van der Waals surface area contributed by atoms with Gasteiger partial charge in [-0.15, -0.1) is 0 Å². The molecule has 30 heavy (non-hydrogen) atoms. The summed E-state index contributed by atoms with van der Waals surface area (Å²) in [5.41, 5.74) is 0.230. The van der Waals surface area contributed by atoms with E-state index in [1.54, 1.807) is 18.2 Å². The number of sulfonamides is 1. The summed E-state index contributed by atoms with van der Waals surface area (Å²) in [7, 11) is -2.37. The summed E-state index contributed by atoms with van der Waals surface area (Å²) in [6.45, 7) is 0.688. The van der Waals surface area contributed by atoms with Gasteiger partial charge >= 0.3 is 0 Å². The Kier molecular flexibility index (Phi) is 7.46. The summed E-state index contributed by atoms with van der Waals surface area (Å²) in [5, 5.41) is 3.69. The van der Waals surface area contributed by atoms with Crippen molar-refractivity contribution in [1.82, 2.24) is 10.0 Å². The molecular formula is C20H22Cl2N2O5S. The predicted octanol–water partition coefficient (Wildman–Crippen LogP) is 3.64. The minimum atomic E-state index is -3.76. The fraction of sp³-hybridized carbons (Fsp3) is 0.350. The van der Waals surface area contributed by atoms with Gasteiger partial charge in [0, 0.05) is 23.2 Å². The molecule has 0 atom stereocenters. The Morgan fingerprint density at radius 1 is 1.13 bits per heavy atom. The fourth-order valence-corrected chi connectivity index (χ4v) is 4.63. The Bertz CT molecular complexity index is 1030. The average Bonchev–Trinajstić information content (AvgIpc) is 3.51. The number of hydrogen-bond acceptors (Lipinski definition) is 5. The van der Waals surface area contributed by atoms with Crippen molar-refractivity contribution in [3.05, 3.63) is 52.0 Å². The lowest BCUT2D eigenvalue weighted by atomic mass is 10.2. The number of hydrogen-bond donors (Lipinski definition) is 2. The molecule has 0 aromatic heterocycles. The summed E-state index contributed by atoms with van der Waals surface area (Å²) in [4.78, 5) is 12.4. The first-order valence-electron chi connectivity index (χ1n) is 9.36. The molecule has 1 saturated carbocycles. The molecule has 1 aliphatic carbocycles. The van der Waals surface area contributed by atoms with Gasteiger partial charge in [0.25, 0.3) is 5.91 Å². The van der Waals surface area contributed by atoms with Gasteiger partial charge in [0.05, 0.1) is 18.7 Å². The first kappa shape index (κ1) is 22.7. The van der Waals surface area contributed by atoms with Crippen LogP contribution in [0.1, 0.15) is 29.6 Å². The molecule has 2 aromatic rings. The van der Waals surface area contributed by atoms with Crippen LogP contribution in [0, 0.1) is 0 Å².